The number of rotatable bonds is 8. The summed E-state index contributed by atoms with van der Waals surface area (Å²) in [7, 11) is 1.55. The number of halogens is 4. The minimum atomic E-state index is -1.07. The molecule has 0 aromatic heterocycles. The Hall–Kier alpha value is -2.12. The second kappa shape index (κ2) is 10.5. The molecule has 0 bridgehead atoms. The number of carboxylic acid groups (broad SMARTS) is 1. The van der Waals surface area contributed by atoms with E-state index in [0.29, 0.717) is 43.8 Å². The molecule has 0 atom stereocenters. The summed E-state index contributed by atoms with van der Waals surface area (Å²) < 4.78 is 12.1. The highest BCUT2D eigenvalue weighted by Crippen LogP contribution is 2.38. The molecule has 0 aliphatic rings. The molecular formula is C22H17BrCl3NO4. The smallest absolute Gasteiger partial charge is 0.337 e. The van der Waals surface area contributed by atoms with E-state index in [4.69, 9.17) is 49.4 Å². The highest BCUT2D eigenvalue weighted by molar-refractivity contribution is 9.10. The fourth-order valence-electron chi connectivity index (χ4n) is 2.83. The second-order valence-electron chi connectivity index (χ2n) is 6.45. The lowest BCUT2D eigenvalue weighted by Gasteiger charge is -2.16. The molecule has 0 saturated heterocycles. The number of benzene rings is 3. The van der Waals surface area contributed by atoms with Crippen LogP contribution in [0.25, 0.3) is 0 Å². The maximum atomic E-state index is 11.1. The van der Waals surface area contributed by atoms with Crippen molar-refractivity contribution >= 4 is 62.4 Å². The molecule has 0 spiro atoms. The Bertz CT molecular complexity index is 1100. The Morgan fingerprint density at radius 2 is 1.77 bits per heavy atom. The predicted molar refractivity (Wildman–Crippen MR) is 127 cm³/mol. The van der Waals surface area contributed by atoms with E-state index in [1.54, 1.807) is 37.4 Å². The van der Waals surface area contributed by atoms with Gasteiger partial charge in [-0.05, 0) is 64.0 Å². The summed E-state index contributed by atoms with van der Waals surface area (Å²) >= 11 is 22.0. The van der Waals surface area contributed by atoms with Crippen LogP contribution in [0.5, 0.6) is 11.5 Å². The third-order valence-corrected chi connectivity index (χ3v) is 6.02. The number of aromatic carboxylic acids is 1. The molecular weight excluding hydrogens is 529 g/mol. The normalized spacial score (nSPS) is 10.6. The van der Waals surface area contributed by atoms with Gasteiger partial charge in [-0.3, -0.25) is 0 Å². The van der Waals surface area contributed by atoms with Crippen LogP contribution in [-0.4, -0.2) is 18.2 Å². The van der Waals surface area contributed by atoms with Gasteiger partial charge in [-0.1, -0.05) is 40.9 Å². The number of methoxy groups -OCH3 is 1. The Kier molecular flexibility index (Phi) is 7.94. The molecule has 3 rings (SSSR count). The lowest BCUT2D eigenvalue weighted by atomic mass is 10.1. The molecule has 9 heteroatoms. The van der Waals surface area contributed by atoms with Crippen LogP contribution in [0.3, 0.4) is 0 Å². The topological polar surface area (TPSA) is 67.8 Å². The SMILES string of the molecule is COc1cc(CNc2ccc(C(=O)O)c(Cl)c2)cc(Br)c1OCc1c(Cl)cccc1Cl. The first-order valence-electron chi connectivity index (χ1n) is 8.99. The number of hydrogen-bond donors (Lipinski definition) is 2. The molecule has 0 amide bonds. The van der Waals surface area contributed by atoms with Crippen LogP contribution in [0.2, 0.25) is 15.1 Å². The van der Waals surface area contributed by atoms with Crippen LogP contribution < -0.4 is 14.8 Å². The summed E-state index contributed by atoms with van der Waals surface area (Å²) in [6.45, 7) is 0.633. The highest BCUT2D eigenvalue weighted by Gasteiger charge is 2.15. The maximum Gasteiger partial charge on any atom is 0.337 e. The quantitative estimate of drug-likeness (QED) is 0.311. The molecule has 0 unspecified atom stereocenters. The van der Waals surface area contributed by atoms with Crippen molar-refractivity contribution in [2.75, 3.05) is 12.4 Å². The van der Waals surface area contributed by atoms with Crippen LogP contribution in [0.15, 0.2) is 53.0 Å². The van der Waals surface area contributed by atoms with Crippen LogP contribution in [0.1, 0.15) is 21.5 Å². The highest BCUT2D eigenvalue weighted by atomic mass is 79.9. The van der Waals surface area contributed by atoms with Crippen LogP contribution in [0, 0.1) is 0 Å². The zero-order valence-electron chi connectivity index (χ0n) is 16.2. The molecule has 0 fully saturated rings. The van der Waals surface area contributed by atoms with Gasteiger partial charge in [-0.25, -0.2) is 4.79 Å². The van der Waals surface area contributed by atoms with Crippen molar-refractivity contribution in [2.45, 2.75) is 13.2 Å². The fraction of sp³-hybridized carbons (Fsp3) is 0.136. The van der Waals surface area contributed by atoms with Crippen molar-refractivity contribution in [3.8, 4) is 11.5 Å². The zero-order chi connectivity index (χ0) is 22.5. The van der Waals surface area contributed by atoms with Gasteiger partial charge in [0.1, 0.15) is 6.61 Å². The molecule has 0 radical (unpaired) electrons. The van der Waals surface area contributed by atoms with E-state index < -0.39 is 5.97 Å². The van der Waals surface area contributed by atoms with Gasteiger partial charge in [0.25, 0.3) is 0 Å². The van der Waals surface area contributed by atoms with Crippen molar-refractivity contribution in [3.05, 3.63) is 84.8 Å². The fourth-order valence-corrected chi connectivity index (χ4v) is 4.20. The molecule has 2 N–H and O–H groups in total. The molecule has 0 saturated carbocycles. The molecule has 3 aromatic carbocycles. The zero-order valence-corrected chi connectivity index (χ0v) is 20.1. The number of anilines is 1. The van der Waals surface area contributed by atoms with E-state index >= 15 is 0 Å². The molecule has 3 aromatic rings. The molecule has 162 valence electrons. The minimum absolute atomic E-state index is 0.0526. The van der Waals surface area contributed by atoms with Gasteiger partial charge in [-0.15, -0.1) is 0 Å². The largest absolute Gasteiger partial charge is 0.493 e. The van der Waals surface area contributed by atoms with E-state index in [-0.39, 0.29) is 17.2 Å². The number of carboxylic acids is 1. The van der Waals surface area contributed by atoms with Crippen molar-refractivity contribution in [1.29, 1.82) is 0 Å². The van der Waals surface area contributed by atoms with Gasteiger partial charge < -0.3 is 19.9 Å². The summed E-state index contributed by atoms with van der Waals surface area (Å²) in [6, 6.07) is 13.7. The van der Waals surface area contributed by atoms with Gasteiger partial charge in [-0.2, -0.15) is 0 Å². The first-order valence-corrected chi connectivity index (χ1v) is 10.9. The standard InChI is InChI=1S/C22H17BrCl3NO4/c1-30-20-8-12(10-27-13-5-6-14(22(28)29)19(26)9-13)7-16(23)21(20)31-11-15-17(24)3-2-4-18(15)25/h2-9,27H,10-11H2,1H3,(H,28,29). The van der Waals surface area contributed by atoms with Crippen molar-refractivity contribution in [2.24, 2.45) is 0 Å². The van der Waals surface area contributed by atoms with Crippen molar-refractivity contribution in [3.63, 3.8) is 0 Å². The minimum Gasteiger partial charge on any atom is -0.493 e. The van der Waals surface area contributed by atoms with Crippen LogP contribution in [-0.2, 0) is 13.2 Å². The van der Waals surface area contributed by atoms with E-state index in [1.807, 2.05) is 12.1 Å². The summed E-state index contributed by atoms with van der Waals surface area (Å²) in [6.07, 6.45) is 0. The van der Waals surface area contributed by atoms with Gasteiger partial charge >= 0.3 is 5.97 Å². The molecule has 0 aliphatic heterocycles. The van der Waals surface area contributed by atoms with Crippen molar-refractivity contribution < 1.29 is 19.4 Å². The Labute approximate surface area is 203 Å². The number of carbonyl (C=O) groups is 1. The van der Waals surface area contributed by atoms with Gasteiger partial charge in [0.05, 0.1) is 22.2 Å². The van der Waals surface area contributed by atoms with Crippen LogP contribution >= 0.6 is 50.7 Å². The molecule has 0 aliphatic carbocycles. The van der Waals surface area contributed by atoms with E-state index in [0.717, 1.165) is 5.56 Å². The molecule has 5 nitrogen and oxygen atoms in total. The Morgan fingerprint density at radius 3 is 2.39 bits per heavy atom. The van der Waals surface area contributed by atoms with E-state index in [9.17, 15) is 4.79 Å². The summed E-state index contributed by atoms with van der Waals surface area (Å²) in [4.78, 5) is 11.1. The second-order valence-corrected chi connectivity index (χ2v) is 8.53. The predicted octanol–water partition coefficient (Wildman–Crippen LogP) is 7.31. The van der Waals surface area contributed by atoms with Crippen LogP contribution in [0.4, 0.5) is 5.69 Å². The summed E-state index contributed by atoms with van der Waals surface area (Å²) in [5.74, 6) is -0.0106. The Morgan fingerprint density at radius 1 is 1.06 bits per heavy atom. The van der Waals surface area contributed by atoms with Crippen molar-refractivity contribution in [1.82, 2.24) is 0 Å². The third kappa shape index (κ3) is 5.77. The monoisotopic (exact) mass is 543 g/mol. The lowest BCUT2D eigenvalue weighted by molar-refractivity contribution is 0.0697. The van der Waals surface area contributed by atoms with E-state index in [2.05, 4.69) is 21.2 Å². The first-order chi connectivity index (χ1) is 14.8. The molecule has 0 heterocycles. The number of hydrogen-bond acceptors (Lipinski definition) is 4. The number of nitrogens with one attached hydrogen (secondary N) is 1. The number of ether oxygens (including phenoxy) is 2. The average Bonchev–Trinajstić information content (AvgIpc) is 2.72. The third-order valence-electron chi connectivity index (χ3n) is 4.41. The van der Waals surface area contributed by atoms with Gasteiger partial charge in [0.15, 0.2) is 11.5 Å². The average molecular weight is 546 g/mol. The van der Waals surface area contributed by atoms with E-state index in [1.165, 1.54) is 6.07 Å². The lowest BCUT2D eigenvalue weighted by Crippen LogP contribution is -2.04. The molecule has 31 heavy (non-hydrogen) atoms. The maximum absolute atomic E-state index is 11.1. The summed E-state index contributed by atoms with van der Waals surface area (Å²) in [5, 5.41) is 13.5. The first kappa shape index (κ1) is 23.5. The Balaban J connectivity index is 1.75. The van der Waals surface area contributed by atoms with Gasteiger partial charge in [0, 0.05) is 27.8 Å². The van der Waals surface area contributed by atoms with Gasteiger partial charge in [0.2, 0.25) is 0 Å². The summed E-state index contributed by atoms with van der Waals surface area (Å²) in [5.41, 5.74) is 2.34.